The second-order valence-corrected chi connectivity index (χ2v) is 5.33. The molecule has 22 heavy (non-hydrogen) atoms. The smallest absolute Gasteiger partial charge is 0.372 e. The zero-order valence-corrected chi connectivity index (χ0v) is 13.6. The van der Waals surface area contributed by atoms with Gasteiger partial charge in [0.1, 0.15) is 6.04 Å². The van der Waals surface area contributed by atoms with Crippen LogP contribution in [-0.2, 0) is 19.1 Å². The van der Waals surface area contributed by atoms with Crippen molar-refractivity contribution in [1.29, 1.82) is 5.53 Å². The van der Waals surface area contributed by atoms with E-state index in [0.717, 1.165) is 25.5 Å². The van der Waals surface area contributed by atoms with Gasteiger partial charge in [-0.25, -0.2) is 4.79 Å². The minimum Gasteiger partial charge on any atom is -0.461 e. The highest BCUT2D eigenvalue weighted by molar-refractivity contribution is 6.25. The summed E-state index contributed by atoms with van der Waals surface area (Å²) in [6.07, 6.45) is 3.82. The minimum absolute atomic E-state index is 0.0233. The molecule has 0 saturated heterocycles. The molecule has 1 amide bonds. The average Bonchev–Trinajstić information content (AvgIpc) is 2.43. The number of amides is 1. The van der Waals surface area contributed by atoms with Crippen molar-refractivity contribution in [3.8, 4) is 0 Å². The molecule has 0 aliphatic rings. The van der Waals surface area contributed by atoms with Gasteiger partial charge in [-0.05, 0) is 26.7 Å². The highest BCUT2D eigenvalue weighted by Crippen LogP contribution is 2.05. The Morgan fingerprint density at radius 2 is 1.91 bits per heavy atom. The van der Waals surface area contributed by atoms with Crippen molar-refractivity contribution in [1.82, 2.24) is 5.32 Å². The lowest BCUT2D eigenvalue weighted by atomic mass is 10.1. The summed E-state index contributed by atoms with van der Waals surface area (Å²) in [5.74, 6) is -1.13. The maximum Gasteiger partial charge on any atom is 0.372 e. The molecule has 0 spiro atoms. The number of rotatable bonds is 11. The summed E-state index contributed by atoms with van der Waals surface area (Å²) in [7, 11) is 0. The summed E-state index contributed by atoms with van der Waals surface area (Å²) in [5.41, 5.74) is 6.59. The number of carbonyl (C=O) groups is 3. The first kappa shape index (κ1) is 20.0. The molecule has 1 atom stereocenters. The van der Waals surface area contributed by atoms with Crippen LogP contribution in [0, 0.1) is 5.53 Å². The summed E-state index contributed by atoms with van der Waals surface area (Å²) in [6, 6.07) is -0.848. The molecule has 0 rings (SSSR count). The number of ketones is 1. The molecule has 0 radical (unpaired) electrons. The van der Waals surface area contributed by atoms with Gasteiger partial charge in [-0.3, -0.25) is 9.59 Å². The van der Waals surface area contributed by atoms with Crippen LogP contribution in [0.1, 0.15) is 59.3 Å². The predicted molar refractivity (Wildman–Crippen MR) is 80.6 cm³/mol. The summed E-state index contributed by atoms with van der Waals surface area (Å²) in [4.78, 5) is 38.0. The molecule has 0 saturated carbocycles. The Balaban J connectivity index is 4.57. The maximum atomic E-state index is 12.0. The lowest BCUT2D eigenvalue weighted by Crippen LogP contribution is -2.42. The first-order chi connectivity index (χ1) is 10.4. The summed E-state index contributed by atoms with van der Waals surface area (Å²) >= 11 is 0. The number of unbranched alkanes of at least 4 members (excludes halogenated alkanes) is 2. The van der Waals surface area contributed by atoms with Crippen molar-refractivity contribution in [2.45, 2.75) is 71.4 Å². The van der Waals surface area contributed by atoms with Crippen molar-refractivity contribution in [3.63, 3.8) is 0 Å². The van der Waals surface area contributed by atoms with Crippen molar-refractivity contribution in [2.24, 2.45) is 0 Å². The van der Waals surface area contributed by atoms with E-state index in [1.807, 2.05) is 6.92 Å². The molecule has 0 aromatic carbocycles. The van der Waals surface area contributed by atoms with E-state index < -0.39 is 12.0 Å². The Bertz CT molecular complexity index is 429. The minimum atomic E-state index is -0.848. The molecule has 0 aliphatic heterocycles. The number of ether oxygens (including phenoxy) is 1. The van der Waals surface area contributed by atoms with Crippen LogP contribution in [0.25, 0.3) is 0 Å². The first-order valence-electron chi connectivity index (χ1n) is 7.63. The lowest BCUT2D eigenvalue weighted by Gasteiger charge is -2.18. The second kappa shape index (κ2) is 11.6. The van der Waals surface area contributed by atoms with Crippen LogP contribution in [-0.4, -0.2) is 40.8 Å². The van der Waals surface area contributed by atoms with E-state index in [-0.39, 0.29) is 30.6 Å². The second-order valence-electron chi connectivity index (χ2n) is 5.33. The van der Waals surface area contributed by atoms with Crippen LogP contribution in [0.15, 0.2) is 0 Å². The fourth-order valence-corrected chi connectivity index (χ4v) is 1.79. The average molecular weight is 312 g/mol. The molecule has 7 nitrogen and oxygen atoms in total. The van der Waals surface area contributed by atoms with E-state index in [4.69, 9.17) is 10.3 Å². The Morgan fingerprint density at radius 1 is 1.23 bits per heavy atom. The van der Waals surface area contributed by atoms with Crippen LogP contribution in [0.2, 0.25) is 0 Å². The lowest BCUT2D eigenvalue weighted by molar-refractivity contribution is -0.151. The zero-order valence-electron chi connectivity index (χ0n) is 13.6. The van der Waals surface area contributed by atoms with Gasteiger partial charge in [-0.2, -0.15) is 0 Å². The van der Waals surface area contributed by atoms with Gasteiger partial charge in [0.15, 0.2) is 0 Å². The number of esters is 1. The topological polar surface area (TPSA) is 110 Å². The molecule has 0 heterocycles. The molecule has 7 heteroatoms. The number of nitrogens with zero attached hydrogens (tertiary/aromatic N) is 1. The Morgan fingerprint density at radius 3 is 2.45 bits per heavy atom. The zero-order chi connectivity index (χ0) is 17.0. The molecule has 0 unspecified atom stereocenters. The number of carbonyl (C=O) groups excluding carboxylic acids is 3. The van der Waals surface area contributed by atoms with Crippen LogP contribution in [0.4, 0.5) is 0 Å². The van der Waals surface area contributed by atoms with E-state index in [2.05, 4.69) is 10.1 Å². The molecule has 0 aliphatic carbocycles. The maximum absolute atomic E-state index is 12.0. The predicted octanol–water partition coefficient (Wildman–Crippen LogP) is 1.66. The number of hydrogen-bond donors (Lipinski definition) is 2. The highest BCUT2D eigenvalue weighted by atomic mass is 16.5. The van der Waals surface area contributed by atoms with Gasteiger partial charge in [-0.1, -0.05) is 19.8 Å². The van der Waals surface area contributed by atoms with Crippen molar-refractivity contribution in [3.05, 3.63) is 0 Å². The summed E-state index contributed by atoms with van der Waals surface area (Å²) in [5, 5.41) is 2.62. The molecule has 124 valence electrons. The summed E-state index contributed by atoms with van der Waals surface area (Å²) < 4.78 is 5.10. The van der Waals surface area contributed by atoms with Crippen LogP contribution in [0.5, 0.6) is 0 Å². The first-order valence-corrected chi connectivity index (χ1v) is 7.63. The van der Waals surface area contributed by atoms with Gasteiger partial charge in [0.05, 0.1) is 16.4 Å². The van der Waals surface area contributed by atoms with E-state index in [1.165, 1.54) is 0 Å². The normalized spacial score (nSPS) is 11.5. The fourth-order valence-electron chi connectivity index (χ4n) is 1.79. The number of hydrogen-bond acceptors (Lipinski definition) is 5. The van der Waals surface area contributed by atoms with E-state index in [0.29, 0.717) is 6.42 Å². The van der Waals surface area contributed by atoms with Gasteiger partial charge in [-0.15, -0.1) is 0 Å². The van der Waals surface area contributed by atoms with Crippen LogP contribution >= 0.6 is 0 Å². The highest BCUT2D eigenvalue weighted by Gasteiger charge is 2.24. The molecule has 0 bridgehead atoms. The van der Waals surface area contributed by atoms with Gasteiger partial charge in [0, 0.05) is 12.8 Å². The van der Waals surface area contributed by atoms with E-state index in [1.54, 1.807) is 13.8 Å². The molecular weight excluding hydrogens is 286 g/mol. The van der Waals surface area contributed by atoms with Gasteiger partial charge >= 0.3 is 12.2 Å². The number of nitrogens with one attached hydrogen (secondary N) is 2. The molecular formula is C15H26N3O4+. The molecule has 0 aromatic heterocycles. The third-order valence-corrected chi connectivity index (χ3v) is 2.87. The van der Waals surface area contributed by atoms with Crippen molar-refractivity contribution >= 4 is 23.9 Å². The SMILES string of the molecule is CCCCCC(=O)N[C@@H](CCC(=O)C=[N+]=N)C(=O)OC(C)C. The van der Waals surface area contributed by atoms with E-state index in [9.17, 15) is 14.4 Å². The van der Waals surface area contributed by atoms with E-state index >= 15 is 0 Å². The number of Topliss-reactive ketones (excluding diaryl/α,β-unsaturated/α-hetero) is 1. The van der Waals surface area contributed by atoms with Crippen molar-refractivity contribution < 1.29 is 23.9 Å². The standard InChI is InChI=1S/C15H25N3O4/c1-4-5-6-7-14(20)18-13(15(21)22-11(2)3)9-8-12(19)10-17-16/h10-11,13,16H,4-9H2,1-3H3/p+1/t13-/m0/s1. The fraction of sp³-hybridized carbons (Fsp3) is 0.733. The van der Waals surface area contributed by atoms with Crippen molar-refractivity contribution in [2.75, 3.05) is 0 Å². The van der Waals surface area contributed by atoms with Crippen LogP contribution < -0.4 is 5.32 Å². The van der Waals surface area contributed by atoms with Gasteiger partial charge < -0.3 is 10.1 Å². The monoisotopic (exact) mass is 312 g/mol. The Labute approximate surface area is 131 Å². The molecule has 2 N–H and O–H groups in total. The third-order valence-electron chi connectivity index (χ3n) is 2.87. The van der Waals surface area contributed by atoms with Crippen LogP contribution in [0.3, 0.4) is 0 Å². The van der Waals surface area contributed by atoms with Gasteiger partial charge in [0.25, 0.3) is 0 Å². The molecule has 0 fully saturated rings. The largest absolute Gasteiger partial charge is 0.461 e. The Hall–Kier alpha value is -2.01. The quantitative estimate of drug-likeness (QED) is 0.199. The Kier molecular flexibility index (Phi) is 10.6. The summed E-state index contributed by atoms with van der Waals surface area (Å²) in [6.45, 7) is 5.48. The third kappa shape index (κ3) is 9.83. The van der Waals surface area contributed by atoms with Gasteiger partial charge in [0.2, 0.25) is 11.7 Å². The molecule has 0 aromatic rings.